The van der Waals surface area contributed by atoms with E-state index in [-0.39, 0.29) is 19.1 Å². The van der Waals surface area contributed by atoms with Crippen molar-refractivity contribution in [3.05, 3.63) is 85.1 Å². The number of amides is 1. The number of nitrogens with one attached hydrogen (secondary N) is 1. The molecular formula is C55H100N2O6P+. The third-order valence-corrected chi connectivity index (χ3v) is 12.1. The van der Waals surface area contributed by atoms with Crippen molar-refractivity contribution in [3.63, 3.8) is 0 Å². The topological polar surface area (TPSA) is 105 Å². The second-order valence-corrected chi connectivity index (χ2v) is 20.0. The zero-order valence-electron chi connectivity index (χ0n) is 42.0. The van der Waals surface area contributed by atoms with Gasteiger partial charge in [-0.15, -0.1) is 0 Å². The van der Waals surface area contributed by atoms with Crippen LogP contribution in [0.1, 0.15) is 206 Å². The number of carbonyl (C=O) groups is 1. The van der Waals surface area contributed by atoms with E-state index in [1.54, 1.807) is 6.08 Å². The molecule has 8 nitrogen and oxygen atoms in total. The first-order valence-electron chi connectivity index (χ1n) is 26.0. The Morgan fingerprint density at radius 1 is 0.547 bits per heavy atom. The predicted molar refractivity (Wildman–Crippen MR) is 276 cm³/mol. The molecule has 0 rings (SSSR count). The molecule has 0 bridgehead atoms. The molecule has 0 saturated carbocycles. The summed E-state index contributed by atoms with van der Waals surface area (Å²) < 4.78 is 23.6. The van der Waals surface area contributed by atoms with Crippen LogP contribution in [0.2, 0.25) is 0 Å². The van der Waals surface area contributed by atoms with E-state index in [1.165, 1.54) is 96.3 Å². The van der Waals surface area contributed by atoms with E-state index in [2.05, 4.69) is 92.1 Å². The molecule has 9 heteroatoms. The number of carbonyl (C=O) groups excluding carboxylic acids is 1. The standard InChI is InChI=1S/C55H99N2O6P/c1-6-8-10-12-14-16-18-20-22-24-26-27-28-29-31-33-35-37-39-41-43-45-47-49-55(59)56-53(52-63-64(60,61)62-51-50-57(3,4)5)54(58)48-46-44-42-40-38-36-34-32-30-25-23-21-19-17-15-13-11-9-7-2/h8,10,14,16,20,22,26-27,29,31,35,37,46,48,53-54,58H,6-7,9,11-13,15,17-19,21,23-25,28,30,32-34,36,38-45,47,49-52H2,1-5H3,(H-,56,59,60,61)/p+1/b10-8-,16-14-,22-20-,27-26-,31-29-,37-35-,48-46+. The molecule has 370 valence electrons. The van der Waals surface area contributed by atoms with E-state index in [4.69, 9.17) is 9.05 Å². The number of phosphoric ester groups is 1. The van der Waals surface area contributed by atoms with Gasteiger partial charge in [-0.25, -0.2) is 4.57 Å². The summed E-state index contributed by atoms with van der Waals surface area (Å²) in [6.07, 6.45) is 63.7. The van der Waals surface area contributed by atoms with Crippen molar-refractivity contribution in [1.82, 2.24) is 5.32 Å². The molecule has 0 aromatic carbocycles. The lowest BCUT2D eigenvalue weighted by Crippen LogP contribution is -2.45. The Morgan fingerprint density at radius 3 is 1.38 bits per heavy atom. The van der Waals surface area contributed by atoms with E-state index in [1.807, 2.05) is 27.2 Å². The number of likely N-dealkylation sites (N-methyl/N-ethyl adjacent to an activating group) is 1. The van der Waals surface area contributed by atoms with Crippen molar-refractivity contribution >= 4 is 13.7 Å². The van der Waals surface area contributed by atoms with Gasteiger partial charge in [-0.2, -0.15) is 0 Å². The SMILES string of the molecule is CC/C=C\C/C=C\C/C=C\C/C=C\C/C=C\C/C=C\CCCCCCC(=O)NC(COP(=O)(O)OCC[N+](C)(C)C)C(O)/C=C/CCCCCCCCCCCCCCCCCCC. The maximum absolute atomic E-state index is 12.9. The highest BCUT2D eigenvalue weighted by atomic mass is 31.2. The summed E-state index contributed by atoms with van der Waals surface area (Å²) in [5.41, 5.74) is 0. The molecule has 64 heavy (non-hydrogen) atoms. The number of rotatable bonds is 46. The molecule has 3 atom stereocenters. The summed E-state index contributed by atoms with van der Waals surface area (Å²) in [4.78, 5) is 23.2. The molecule has 0 fully saturated rings. The van der Waals surface area contributed by atoms with Gasteiger partial charge in [-0.05, 0) is 70.6 Å². The van der Waals surface area contributed by atoms with Crippen LogP contribution in [0, 0.1) is 0 Å². The highest BCUT2D eigenvalue weighted by Crippen LogP contribution is 2.43. The molecule has 3 unspecified atom stereocenters. The maximum Gasteiger partial charge on any atom is 0.472 e. The number of aliphatic hydroxyl groups is 1. The molecular weight excluding hydrogens is 816 g/mol. The zero-order valence-corrected chi connectivity index (χ0v) is 42.9. The van der Waals surface area contributed by atoms with Gasteiger partial charge >= 0.3 is 7.82 Å². The second kappa shape index (κ2) is 45.8. The lowest BCUT2D eigenvalue weighted by Gasteiger charge is -2.25. The van der Waals surface area contributed by atoms with Crippen LogP contribution in [0.15, 0.2) is 85.1 Å². The predicted octanol–water partition coefficient (Wildman–Crippen LogP) is 15.3. The number of aliphatic hydroxyl groups excluding tert-OH is 1. The molecule has 0 saturated heterocycles. The Kier molecular flexibility index (Phi) is 44.2. The minimum absolute atomic E-state index is 0.0518. The molecule has 1 amide bonds. The van der Waals surface area contributed by atoms with Crippen LogP contribution in [0.5, 0.6) is 0 Å². The zero-order chi connectivity index (χ0) is 47.1. The van der Waals surface area contributed by atoms with Gasteiger partial charge in [0.15, 0.2) is 0 Å². The van der Waals surface area contributed by atoms with Gasteiger partial charge in [0.2, 0.25) is 5.91 Å². The Balaban J connectivity index is 4.40. The second-order valence-electron chi connectivity index (χ2n) is 18.5. The fraction of sp³-hybridized carbons (Fsp3) is 0.727. The van der Waals surface area contributed by atoms with Crippen LogP contribution < -0.4 is 5.32 Å². The fourth-order valence-electron chi connectivity index (χ4n) is 7.04. The lowest BCUT2D eigenvalue weighted by atomic mass is 10.0. The Morgan fingerprint density at radius 2 is 0.938 bits per heavy atom. The quantitative estimate of drug-likeness (QED) is 0.0243. The van der Waals surface area contributed by atoms with E-state index in [0.29, 0.717) is 17.4 Å². The smallest absolute Gasteiger partial charge is 0.387 e. The summed E-state index contributed by atoms with van der Waals surface area (Å²) in [6.45, 7) is 4.68. The number of nitrogens with zero attached hydrogens (tertiary/aromatic N) is 1. The summed E-state index contributed by atoms with van der Waals surface area (Å²) in [5.74, 6) is -0.204. The summed E-state index contributed by atoms with van der Waals surface area (Å²) >= 11 is 0. The maximum atomic E-state index is 12.9. The molecule has 3 N–H and O–H groups in total. The van der Waals surface area contributed by atoms with Crippen molar-refractivity contribution in [3.8, 4) is 0 Å². The highest BCUT2D eigenvalue weighted by molar-refractivity contribution is 7.47. The highest BCUT2D eigenvalue weighted by Gasteiger charge is 2.27. The molecule has 0 aromatic rings. The van der Waals surface area contributed by atoms with Gasteiger partial charge in [0, 0.05) is 6.42 Å². The van der Waals surface area contributed by atoms with Crippen molar-refractivity contribution in [1.29, 1.82) is 0 Å². The Bertz CT molecular complexity index is 1310. The van der Waals surface area contributed by atoms with Crippen molar-refractivity contribution in [2.45, 2.75) is 219 Å². The summed E-state index contributed by atoms with van der Waals surface area (Å²) in [7, 11) is 1.54. The number of hydrogen-bond acceptors (Lipinski definition) is 5. The monoisotopic (exact) mass is 916 g/mol. The largest absolute Gasteiger partial charge is 0.472 e. The molecule has 0 spiro atoms. The van der Waals surface area contributed by atoms with Crippen molar-refractivity contribution in [2.24, 2.45) is 0 Å². The first-order chi connectivity index (χ1) is 31.0. The number of allylic oxidation sites excluding steroid dienone is 13. The van der Waals surface area contributed by atoms with E-state index in [0.717, 1.165) is 89.9 Å². The van der Waals surface area contributed by atoms with Gasteiger partial charge in [0.25, 0.3) is 0 Å². The molecule has 0 aliphatic rings. The first-order valence-corrected chi connectivity index (χ1v) is 27.5. The van der Waals surface area contributed by atoms with E-state index < -0.39 is 20.0 Å². The van der Waals surface area contributed by atoms with Crippen LogP contribution in [-0.2, 0) is 18.4 Å². The number of quaternary nitrogens is 1. The minimum Gasteiger partial charge on any atom is -0.387 e. The third-order valence-electron chi connectivity index (χ3n) is 11.1. The van der Waals surface area contributed by atoms with Crippen LogP contribution in [-0.4, -0.2) is 73.4 Å². The normalized spacial score (nSPS) is 14.8. The van der Waals surface area contributed by atoms with Crippen molar-refractivity contribution < 1.29 is 32.9 Å². The number of phosphoric acid groups is 1. The van der Waals surface area contributed by atoms with Gasteiger partial charge in [0.05, 0.1) is 39.9 Å². The van der Waals surface area contributed by atoms with Crippen LogP contribution >= 0.6 is 7.82 Å². The minimum atomic E-state index is -4.36. The van der Waals surface area contributed by atoms with Gasteiger partial charge in [0.1, 0.15) is 13.2 Å². The van der Waals surface area contributed by atoms with E-state index >= 15 is 0 Å². The molecule has 0 aromatic heterocycles. The molecule has 0 aliphatic heterocycles. The van der Waals surface area contributed by atoms with Crippen molar-refractivity contribution in [2.75, 3.05) is 40.9 Å². The Labute approximate surface area is 395 Å². The van der Waals surface area contributed by atoms with Gasteiger partial charge in [-0.3, -0.25) is 13.8 Å². The average Bonchev–Trinajstić information content (AvgIpc) is 3.25. The van der Waals surface area contributed by atoms with Gasteiger partial charge < -0.3 is 19.8 Å². The van der Waals surface area contributed by atoms with Crippen LogP contribution in [0.3, 0.4) is 0 Å². The number of unbranched alkanes of at least 4 members (excludes halogenated alkanes) is 21. The van der Waals surface area contributed by atoms with Crippen LogP contribution in [0.25, 0.3) is 0 Å². The summed E-state index contributed by atoms with van der Waals surface area (Å²) in [5, 5.41) is 13.9. The Hall–Kier alpha value is -2.32. The third kappa shape index (κ3) is 47.6. The first kappa shape index (κ1) is 61.7. The van der Waals surface area contributed by atoms with Gasteiger partial charge in [-0.1, -0.05) is 214 Å². The van der Waals surface area contributed by atoms with Crippen LogP contribution in [0.4, 0.5) is 0 Å². The molecule has 0 aliphatic carbocycles. The average molecular weight is 916 g/mol. The molecule has 0 radical (unpaired) electrons. The fourth-order valence-corrected chi connectivity index (χ4v) is 7.78. The summed E-state index contributed by atoms with van der Waals surface area (Å²) in [6, 6.07) is -0.866. The lowest BCUT2D eigenvalue weighted by molar-refractivity contribution is -0.870. The van der Waals surface area contributed by atoms with E-state index in [9.17, 15) is 19.4 Å². The molecule has 0 heterocycles. The number of hydrogen-bond donors (Lipinski definition) is 3.